The quantitative estimate of drug-likeness (QED) is 0.120. The Kier molecular flexibility index (Phi) is 9.45. The van der Waals surface area contributed by atoms with E-state index in [1.54, 1.807) is 65.4 Å². The number of hydrogen-bond acceptors (Lipinski definition) is 8. The Balaban J connectivity index is 1.21. The zero-order valence-corrected chi connectivity index (χ0v) is 29.6. The molecule has 2 aromatic heterocycles. The molecule has 2 N–H and O–H groups in total. The summed E-state index contributed by atoms with van der Waals surface area (Å²) in [6.45, 7) is 0. The van der Waals surface area contributed by atoms with Gasteiger partial charge in [-0.05, 0) is 66.4 Å². The molecule has 3 aromatic carbocycles. The van der Waals surface area contributed by atoms with Crippen molar-refractivity contribution < 1.29 is 28.7 Å². The lowest BCUT2D eigenvalue weighted by Gasteiger charge is -2.13. The number of fused-ring (bicyclic) bond motifs is 1. The predicted molar refractivity (Wildman–Crippen MR) is 194 cm³/mol. The minimum Gasteiger partial charge on any atom is -0.480 e. The molecule has 2 amide bonds. The average molecular weight is 773 g/mol. The Morgan fingerprint density at radius 1 is 0.694 bits per heavy atom. The molecule has 0 saturated heterocycles. The molecule has 0 spiro atoms. The number of hydrogen-bond donors (Lipinski definition) is 2. The van der Waals surface area contributed by atoms with Gasteiger partial charge in [0.1, 0.15) is 26.9 Å². The minimum atomic E-state index is -1.02. The summed E-state index contributed by atoms with van der Waals surface area (Å²) >= 11 is 27.1. The fraction of sp³-hybridized carbons (Fsp3) is 0.143. The Bertz CT molecular complexity index is 2160. The SMILES string of the molecule is O=C(OC(=O)c1c(-c2ccc(Cl)cc2Cl)csc1NC(=O)C1CC1)c1c(-c2ccc(Cl)cc2)csc1NC(=O)C1Cc2cc(Cl)ccc2O1. The highest BCUT2D eigenvalue weighted by atomic mass is 35.5. The monoisotopic (exact) mass is 770 g/mol. The summed E-state index contributed by atoms with van der Waals surface area (Å²) in [6.07, 6.45) is 0.892. The number of ether oxygens (including phenoxy) is 2. The molecule has 0 radical (unpaired) electrons. The van der Waals surface area contributed by atoms with Gasteiger partial charge in [-0.15, -0.1) is 22.7 Å². The second-order valence-corrected chi connectivity index (χ2v) is 14.8. The van der Waals surface area contributed by atoms with Gasteiger partial charge in [0.2, 0.25) is 5.91 Å². The van der Waals surface area contributed by atoms with Crippen LogP contribution >= 0.6 is 69.1 Å². The molecule has 248 valence electrons. The lowest BCUT2D eigenvalue weighted by molar-refractivity contribution is -0.122. The third-order valence-corrected chi connectivity index (χ3v) is 10.8. The summed E-state index contributed by atoms with van der Waals surface area (Å²) in [5, 5.41) is 11.0. The van der Waals surface area contributed by atoms with Gasteiger partial charge < -0.3 is 20.1 Å². The topological polar surface area (TPSA) is 111 Å². The first-order valence-corrected chi connectivity index (χ1v) is 18.1. The Hall–Kier alpha value is -3.90. The summed E-state index contributed by atoms with van der Waals surface area (Å²) in [7, 11) is 0. The van der Waals surface area contributed by atoms with Gasteiger partial charge in [-0.25, -0.2) is 9.59 Å². The van der Waals surface area contributed by atoms with Gasteiger partial charge in [-0.1, -0.05) is 64.6 Å². The second kappa shape index (κ2) is 13.8. The van der Waals surface area contributed by atoms with Gasteiger partial charge in [0.25, 0.3) is 5.91 Å². The summed E-state index contributed by atoms with van der Waals surface area (Å²) in [4.78, 5) is 54.2. The highest BCUT2D eigenvalue weighted by Crippen LogP contribution is 2.43. The molecule has 14 heteroatoms. The van der Waals surface area contributed by atoms with Crippen molar-refractivity contribution in [1.82, 2.24) is 0 Å². The van der Waals surface area contributed by atoms with E-state index in [1.165, 1.54) is 6.07 Å². The van der Waals surface area contributed by atoms with E-state index in [1.807, 2.05) is 0 Å². The maximum Gasteiger partial charge on any atom is 0.349 e. The van der Waals surface area contributed by atoms with Crippen molar-refractivity contribution in [2.75, 3.05) is 10.6 Å². The van der Waals surface area contributed by atoms with E-state index in [-0.39, 0.29) is 44.4 Å². The lowest BCUT2D eigenvalue weighted by Crippen LogP contribution is -2.31. The van der Waals surface area contributed by atoms with E-state index in [0.29, 0.717) is 43.1 Å². The number of amides is 2. The molecular weight excluding hydrogens is 750 g/mol. The van der Waals surface area contributed by atoms with Gasteiger partial charge >= 0.3 is 11.9 Å². The molecule has 1 unspecified atom stereocenters. The van der Waals surface area contributed by atoms with Crippen LogP contribution in [-0.2, 0) is 20.7 Å². The van der Waals surface area contributed by atoms with Crippen LogP contribution in [0, 0.1) is 5.92 Å². The molecule has 1 aliphatic heterocycles. The molecule has 1 atom stereocenters. The predicted octanol–water partition coefficient (Wildman–Crippen LogP) is 10.0. The molecule has 8 nitrogen and oxygen atoms in total. The zero-order chi connectivity index (χ0) is 34.4. The fourth-order valence-corrected chi connectivity index (χ4v) is 8.10. The van der Waals surface area contributed by atoms with E-state index in [4.69, 9.17) is 55.9 Å². The fourth-order valence-electron chi connectivity index (χ4n) is 5.35. The van der Waals surface area contributed by atoms with Gasteiger partial charge in [0.15, 0.2) is 6.10 Å². The van der Waals surface area contributed by atoms with E-state index in [0.717, 1.165) is 41.1 Å². The summed E-state index contributed by atoms with van der Waals surface area (Å²) in [5.74, 6) is -2.38. The number of nitrogens with one attached hydrogen (secondary N) is 2. The van der Waals surface area contributed by atoms with Crippen molar-refractivity contribution in [2.45, 2.75) is 25.4 Å². The Labute approximate surface area is 307 Å². The summed E-state index contributed by atoms with van der Waals surface area (Å²) in [5.41, 5.74) is 2.51. The molecule has 3 heterocycles. The number of benzene rings is 3. The van der Waals surface area contributed by atoms with E-state index in [9.17, 15) is 19.2 Å². The first-order valence-electron chi connectivity index (χ1n) is 14.8. The second-order valence-electron chi connectivity index (χ2n) is 11.3. The Morgan fingerprint density at radius 3 is 1.96 bits per heavy atom. The van der Waals surface area contributed by atoms with Crippen LogP contribution in [0.1, 0.15) is 39.1 Å². The standard InChI is InChI=1S/C35H22Cl4N2O6S2/c36-19-5-3-16(4-6-19)23-14-48-32(41-31(43)27-12-18-11-20(37)8-10-26(18)46-27)28(23)34(44)47-35(45)29-24(22-9-7-21(38)13-25(22)39)15-49-33(29)40-30(42)17-1-2-17/h3-11,13-15,17,27H,1-2,12H2,(H,40,42)(H,41,43). The zero-order valence-electron chi connectivity index (χ0n) is 25.0. The van der Waals surface area contributed by atoms with Crippen LogP contribution in [0.25, 0.3) is 22.3 Å². The molecule has 49 heavy (non-hydrogen) atoms. The summed E-state index contributed by atoms with van der Waals surface area (Å²) < 4.78 is 11.4. The lowest BCUT2D eigenvalue weighted by atomic mass is 10.0. The number of carbonyl (C=O) groups excluding carboxylic acids is 4. The van der Waals surface area contributed by atoms with Crippen molar-refractivity contribution in [3.05, 3.63) is 108 Å². The normalized spacial score (nSPS) is 14.9. The van der Waals surface area contributed by atoms with Crippen LogP contribution in [0.5, 0.6) is 5.75 Å². The molecule has 1 aliphatic carbocycles. The van der Waals surface area contributed by atoms with E-state index in [2.05, 4.69) is 10.6 Å². The number of thiophene rings is 2. The highest BCUT2D eigenvalue weighted by Gasteiger charge is 2.35. The van der Waals surface area contributed by atoms with E-state index >= 15 is 0 Å². The number of carbonyl (C=O) groups is 4. The summed E-state index contributed by atoms with van der Waals surface area (Å²) in [6, 6.07) is 16.6. The van der Waals surface area contributed by atoms with Crippen LogP contribution < -0.4 is 15.4 Å². The first-order chi connectivity index (χ1) is 23.5. The van der Waals surface area contributed by atoms with Gasteiger partial charge in [0, 0.05) is 59.9 Å². The number of esters is 2. The number of rotatable bonds is 8. The van der Waals surface area contributed by atoms with Crippen molar-refractivity contribution in [1.29, 1.82) is 0 Å². The highest BCUT2D eigenvalue weighted by molar-refractivity contribution is 7.15. The van der Waals surface area contributed by atoms with Crippen LogP contribution in [-0.4, -0.2) is 29.9 Å². The van der Waals surface area contributed by atoms with Crippen molar-refractivity contribution >= 4 is 103 Å². The number of anilines is 2. The van der Waals surface area contributed by atoms with Crippen LogP contribution in [0.3, 0.4) is 0 Å². The van der Waals surface area contributed by atoms with Gasteiger partial charge in [-0.2, -0.15) is 0 Å². The maximum atomic E-state index is 14.0. The first kappa shape index (κ1) is 33.6. The molecule has 0 bridgehead atoms. The van der Waals surface area contributed by atoms with Gasteiger partial charge in [0.05, 0.1) is 0 Å². The van der Waals surface area contributed by atoms with Crippen molar-refractivity contribution in [3.63, 3.8) is 0 Å². The number of halogens is 4. The molecular formula is C35H22Cl4N2O6S2. The third kappa shape index (κ3) is 7.08. The molecule has 5 aromatic rings. The molecule has 1 fully saturated rings. The maximum absolute atomic E-state index is 14.0. The largest absolute Gasteiger partial charge is 0.480 e. The van der Waals surface area contributed by atoms with Crippen LogP contribution in [0.15, 0.2) is 71.4 Å². The molecule has 1 saturated carbocycles. The minimum absolute atomic E-state index is 0.0405. The van der Waals surface area contributed by atoms with Crippen LogP contribution in [0.2, 0.25) is 20.1 Å². The van der Waals surface area contributed by atoms with Crippen LogP contribution in [0.4, 0.5) is 10.0 Å². The van der Waals surface area contributed by atoms with Crippen molar-refractivity contribution in [3.8, 4) is 28.0 Å². The van der Waals surface area contributed by atoms with E-state index < -0.39 is 23.9 Å². The smallest absolute Gasteiger partial charge is 0.349 e. The van der Waals surface area contributed by atoms with Gasteiger partial charge in [-0.3, -0.25) is 9.59 Å². The average Bonchev–Trinajstić information content (AvgIpc) is 3.50. The van der Waals surface area contributed by atoms with Crippen molar-refractivity contribution in [2.24, 2.45) is 5.92 Å². The molecule has 2 aliphatic rings. The Morgan fingerprint density at radius 2 is 1.29 bits per heavy atom. The third-order valence-electron chi connectivity index (χ3n) is 7.96. The molecule has 7 rings (SSSR count).